The number of likely N-dealkylation sites (tertiary alicyclic amines) is 2. The molecule has 0 bridgehead atoms. The highest BCUT2D eigenvalue weighted by atomic mass is 19.1. The standard InChI is InChI=1S/C30H20FN5O2.C29H25FN6O2.C29H25FN6O.C28H23FN6O/c31-22-9-6-19(7-10-22)27-13-11-23(17-33-27)34-30(37)29-26-15-20(8-12-28(26)35-36-29)21-14-25(18-32-16-21)38-24-4-2-1-3-5-24;30-23-4-1-20(2-5-23)26-8-6-24(17-32-26)33-29(37)28-25-14-21(3-7-27(25)34-35-28)22-13-19(15-31-16-22)18-36-9-11-38-12-10-36;30-23-6-3-20(4-7-23)26-10-8-24(17-32-26)33-29(37)28-25-14-21(5-9-27(25)34-35-28)22-13-19(15-31-16-22)18-36-11-1-2-12-36;29-22-5-2-19(3-6-22)25-9-7-23(16-31-25)32-28(36)27-24-13-20(4-8-26(24)33-34-27)21-12-18(14-30-15-21)17-35-10-1-11-35/h1-18H,(H,34,37)(H,35,36);1-8,13-17H,9-12,18H2,(H,33,37)(H,34,35);3-10,13-17H,1-2,11-12,18H2,(H,33,37)(H,34,35);2-9,12-16H,1,10-11,17H2,(H,32,36)(H,33,34). The second kappa shape index (κ2) is 44.7. The number of nitrogens with one attached hydrogen (secondary N) is 8. The molecule has 3 aliphatic rings. The SMILES string of the molecule is O=C(Nc1ccc(-c2ccc(F)cc2)nc1)c1n[nH]c2ccc(-c3cncc(CN4CCC4)c3)cc12.O=C(Nc1ccc(-c2ccc(F)cc2)nc1)c1n[nH]c2ccc(-c3cncc(CN4CCCC4)c3)cc12.O=C(Nc1ccc(-c2ccc(F)cc2)nc1)c1n[nH]c2ccc(-c3cncc(CN4CCOCC4)c3)cc12.O=C(Nc1ccc(-c2ccc(F)cc2)nc1)c1n[nH]c2ccc(-c3cncc(Oc4ccccc4)c3)cc12. The Bertz CT molecular complexity index is 8360. The lowest BCUT2D eigenvalue weighted by Crippen LogP contribution is -2.36. The van der Waals surface area contributed by atoms with Crippen molar-refractivity contribution in [2.24, 2.45) is 0 Å². The van der Waals surface area contributed by atoms with Gasteiger partial charge in [0, 0.05) is 142 Å². The number of para-hydroxylation sites is 1. The minimum atomic E-state index is -0.371. The molecule has 736 valence electrons. The van der Waals surface area contributed by atoms with Crippen LogP contribution >= 0.6 is 0 Å². The summed E-state index contributed by atoms with van der Waals surface area (Å²) in [6.07, 6.45) is 24.7. The summed E-state index contributed by atoms with van der Waals surface area (Å²) in [6, 6.07) is 79.8. The first kappa shape index (κ1) is 96.4. The summed E-state index contributed by atoms with van der Waals surface area (Å²) in [7, 11) is 0. The fourth-order valence-corrected chi connectivity index (χ4v) is 17.7. The Morgan fingerprint density at radius 3 is 0.846 bits per heavy atom. The van der Waals surface area contributed by atoms with Gasteiger partial charge < -0.3 is 30.7 Å². The highest BCUT2D eigenvalue weighted by Crippen LogP contribution is 2.36. The molecule has 0 spiro atoms. The van der Waals surface area contributed by atoms with Gasteiger partial charge in [0.1, 0.15) is 34.8 Å². The van der Waals surface area contributed by atoms with Gasteiger partial charge in [-0.3, -0.25) is 94.1 Å². The fraction of sp³-hybridized carbons (Fsp3) is 0.121. The molecule has 3 saturated heterocycles. The Labute approximate surface area is 850 Å². The van der Waals surface area contributed by atoms with Gasteiger partial charge in [-0.2, -0.15) is 20.4 Å². The third-order valence-corrected chi connectivity index (χ3v) is 25.6. The van der Waals surface area contributed by atoms with Gasteiger partial charge in [0.2, 0.25) is 0 Å². The third kappa shape index (κ3) is 23.5. The van der Waals surface area contributed by atoms with Crippen molar-refractivity contribution in [2.45, 2.75) is 38.9 Å². The van der Waals surface area contributed by atoms with Crippen molar-refractivity contribution in [2.75, 3.05) is 73.7 Å². The number of halogens is 4. The molecule has 0 atom stereocenters. The van der Waals surface area contributed by atoms with Gasteiger partial charge in [-0.05, 0) is 315 Å². The van der Waals surface area contributed by atoms with E-state index >= 15 is 0 Å². The molecule has 21 aromatic rings. The molecule has 8 N–H and O–H groups in total. The predicted octanol–water partition coefficient (Wildman–Crippen LogP) is 22.7. The van der Waals surface area contributed by atoms with Crippen LogP contribution in [0.25, 0.3) is 133 Å². The topological polar surface area (TPSA) is 362 Å². The van der Waals surface area contributed by atoms with Crippen molar-refractivity contribution >= 4 is 90.0 Å². The quantitative estimate of drug-likeness (QED) is 0.0260. The summed E-state index contributed by atoms with van der Waals surface area (Å²) in [5.41, 5.74) is 23.3. The first-order valence-electron chi connectivity index (χ1n) is 48.3. The zero-order valence-electron chi connectivity index (χ0n) is 80.0. The zero-order valence-corrected chi connectivity index (χ0v) is 80.0. The van der Waals surface area contributed by atoms with Crippen molar-refractivity contribution in [3.8, 4) is 101 Å². The number of anilines is 4. The molecule has 3 aliphatic heterocycles. The van der Waals surface area contributed by atoms with E-state index < -0.39 is 0 Å². The number of H-pyrrole nitrogens is 4. The minimum absolute atomic E-state index is 0.258. The summed E-state index contributed by atoms with van der Waals surface area (Å²) in [5, 5.41) is 43.1. The number of morpholine rings is 1. The summed E-state index contributed by atoms with van der Waals surface area (Å²) in [5.74, 6) is -1.26. The number of pyridine rings is 8. The van der Waals surface area contributed by atoms with Crippen LogP contribution in [0.4, 0.5) is 40.3 Å². The predicted molar refractivity (Wildman–Crippen MR) is 565 cm³/mol. The molecule has 149 heavy (non-hydrogen) atoms. The third-order valence-electron chi connectivity index (χ3n) is 25.6. The van der Waals surface area contributed by atoms with Crippen molar-refractivity contribution in [3.05, 3.63) is 410 Å². The lowest BCUT2D eigenvalue weighted by Gasteiger charge is -2.30. The Balaban J connectivity index is 0.000000116. The number of carbonyl (C=O) groups excluding carboxylic acids is 4. The highest BCUT2D eigenvalue weighted by Gasteiger charge is 2.25. The smallest absolute Gasteiger partial charge is 0.276 e. The summed E-state index contributed by atoms with van der Waals surface area (Å²) < 4.78 is 64.1. The maximum Gasteiger partial charge on any atom is 0.276 e. The van der Waals surface area contributed by atoms with E-state index in [-0.39, 0.29) is 52.6 Å². The van der Waals surface area contributed by atoms with Gasteiger partial charge in [-0.1, -0.05) is 42.5 Å². The molecular formula is C116H93F4N23O6. The molecule has 9 aromatic carbocycles. The average Bonchev–Trinajstić information content (AvgIpc) is 1.65. The number of carbonyl (C=O) groups is 4. The maximum absolute atomic E-state index is 13.2. The zero-order chi connectivity index (χ0) is 101. The monoisotopic (exact) mass is 1980 g/mol. The van der Waals surface area contributed by atoms with Crippen LogP contribution in [0.3, 0.4) is 0 Å². The van der Waals surface area contributed by atoms with Crippen LogP contribution < -0.4 is 26.0 Å². The van der Waals surface area contributed by atoms with Crippen molar-refractivity contribution in [1.29, 1.82) is 0 Å². The van der Waals surface area contributed by atoms with Gasteiger partial charge in [0.15, 0.2) is 22.8 Å². The molecule has 0 unspecified atom stereocenters. The number of amides is 4. The first-order valence-corrected chi connectivity index (χ1v) is 48.3. The van der Waals surface area contributed by atoms with Crippen molar-refractivity contribution in [3.63, 3.8) is 0 Å². The van der Waals surface area contributed by atoms with E-state index in [9.17, 15) is 36.7 Å². The van der Waals surface area contributed by atoms with Gasteiger partial charge in [0.25, 0.3) is 23.6 Å². The summed E-state index contributed by atoms with van der Waals surface area (Å²) >= 11 is 0. The van der Waals surface area contributed by atoms with Gasteiger partial charge in [-0.15, -0.1) is 0 Å². The molecule has 15 heterocycles. The normalized spacial score (nSPS) is 13.0. The minimum Gasteiger partial charge on any atom is -0.456 e. The number of ether oxygens (including phenoxy) is 2. The number of hydrogen-bond acceptors (Lipinski definition) is 21. The van der Waals surface area contributed by atoms with E-state index in [0.717, 1.165) is 188 Å². The van der Waals surface area contributed by atoms with Gasteiger partial charge in [-0.25, -0.2) is 17.6 Å². The number of fused-ring (bicyclic) bond motifs is 4. The Morgan fingerprint density at radius 1 is 0.275 bits per heavy atom. The fourth-order valence-electron chi connectivity index (χ4n) is 17.7. The molecule has 0 radical (unpaired) electrons. The molecule has 24 rings (SSSR count). The van der Waals surface area contributed by atoms with Crippen LogP contribution in [0, 0.1) is 23.3 Å². The average molecular weight is 1980 g/mol. The number of nitrogens with zero attached hydrogens (tertiary/aromatic N) is 15. The van der Waals surface area contributed by atoms with Crippen LogP contribution in [-0.4, -0.2) is 171 Å². The number of aromatic amines is 4. The number of hydrogen-bond donors (Lipinski definition) is 8. The van der Waals surface area contributed by atoms with E-state index in [0.29, 0.717) is 73.7 Å². The largest absolute Gasteiger partial charge is 0.456 e. The van der Waals surface area contributed by atoms with Crippen LogP contribution in [-0.2, 0) is 24.4 Å². The molecular weight excluding hydrogens is 1890 g/mol. The highest BCUT2D eigenvalue weighted by molar-refractivity contribution is 6.15. The van der Waals surface area contributed by atoms with Crippen LogP contribution in [0.15, 0.2) is 347 Å². The van der Waals surface area contributed by atoms with Gasteiger partial charge >= 0.3 is 0 Å². The van der Waals surface area contributed by atoms with Crippen LogP contribution in [0.1, 0.15) is 77.9 Å². The second-order valence-electron chi connectivity index (χ2n) is 36.0. The number of benzene rings is 9. The lowest BCUT2D eigenvalue weighted by molar-refractivity contribution is 0.0341. The molecule has 29 nitrogen and oxygen atoms in total. The molecule has 4 amide bonds. The molecule has 0 aliphatic carbocycles. The molecule has 12 aromatic heterocycles. The Kier molecular flexibility index (Phi) is 28.9. The van der Waals surface area contributed by atoms with Gasteiger partial charge in [0.05, 0.1) is 112 Å². The van der Waals surface area contributed by atoms with E-state index in [1.807, 2.05) is 146 Å². The molecule has 33 heteroatoms. The Morgan fingerprint density at radius 2 is 0.557 bits per heavy atom. The first-order chi connectivity index (χ1) is 73.0. The van der Waals surface area contributed by atoms with E-state index in [2.05, 4.69) is 135 Å². The van der Waals surface area contributed by atoms with E-state index in [1.165, 1.54) is 78.9 Å². The van der Waals surface area contributed by atoms with Crippen molar-refractivity contribution < 1.29 is 46.2 Å². The summed E-state index contributed by atoms with van der Waals surface area (Å²) in [4.78, 5) is 94.8. The number of rotatable bonds is 24. The second-order valence-corrected chi connectivity index (χ2v) is 36.0. The van der Waals surface area contributed by atoms with Crippen molar-refractivity contribution in [1.82, 2.24) is 95.4 Å². The maximum atomic E-state index is 13.2. The van der Waals surface area contributed by atoms with Crippen LogP contribution in [0.2, 0.25) is 0 Å². The van der Waals surface area contributed by atoms with Crippen LogP contribution in [0.5, 0.6) is 11.5 Å². The molecule has 0 saturated carbocycles. The lowest BCUT2D eigenvalue weighted by atomic mass is 10.0. The number of aromatic nitrogens is 16. The Hall–Kier alpha value is -18.7. The molecule has 3 fully saturated rings. The van der Waals surface area contributed by atoms with E-state index in [4.69, 9.17) is 9.47 Å². The van der Waals surface area contributed by atoms with E-state index in [1.54, 1.807) is 134 Å². The summed E-state index contributed by atoms with van der Waals surface area (Å²) in [6.45, 7) is 10.5.